The van der Waals surface area contributed by atoms with Crippen molar-refractivity contribution >= 4 is 35.0 Å². The lowest BCUT2D eigenvalue weighted by Crippen LogP contribution is -2.35. The highest BCUT2D eigenvalue weighted by molar-refractivity contribution is 7.98. The molecule has 11 heteroatoms. The Morgan fingerprint density at radius 3 is 2.79 bits per heavy atom. The van der Waals surface area contributed by atoms with Crippen LogP contribution >= 0.6 is 35.0 Å². The van der Waals surface area contributed by atoms with E-state index in [2.05, 4.69) is 15.1 Å². The van der Waals surface area contributed by atoms with Gasteiger partial charge in [-0.15, -0.1) is 0 Å². The van der Waals surface area contributed by atoms with Crippen LogP contribution in [-0.2, 0) is 21.8 Å². The molecule has 3 heterocycles. The van der Waals surface area contributed by atoms with Gasteiger partial charge < -0.3 is 14.2 Å². The summed E-state index contributed by atoms with van der Waals surface area (Å²) in [4.78, 5) is 8.35. The third-order valence-electron chi connectivity index (χ3n) is 5.38. The van der Waals surface area contributed by atoms with Crippen molar-refractivity contribution in [3.63, 3.8) is 0 Å². The minimum Gasteiger partial charge on any atom is -0.491 e. The maximum absolute atomic E-state index is 6.51. The highest BCUT2D eigenvalue weighted by Gasteiger charge is 2.45. The number of imidazole rings is 1. The number of rotatable bonds is 8. The number of aromatic nitrogens is 5. The van der Waals surface area contributed by atoms with E-state index in [1.165, 1.54) is 6.33 Å². The lowest BCUT2D eigenvalue weighted by atomic mass is 10.1. The first-order chi connectivity index (χ1) is 16.6. The van der Waals surface area contributed by atoms with Gasteiger partial charge in [0.05, 0.1) is 11.6 Å². The SMILES string of the molecule is CSc1nccn1-c1ccc(OCC2COC(Cn3cncn3)(c3ccc(Cl)cc3Cl)O2)cc1. The number of hydrogen-bond donors (Lipinski definition) is 0. The number of ether oxygens (including phenoxy) is 3. The Bertz CT molecular complexity index is 1250. The van der Waals surface area contributed by atoms with Gasteiger partial charge in [0.15, 0.2) is 5.16 Å². The first kappa shape index (κ1) is 23.2. The summed E-state index contributed by atoms with van der Waals surface area (Å²) in [5, 5.41) is 6.11. The minimum atomic E-state index is -1.14. The zero-order valence-corrected chi connectivity index (χ0v) is 20.5. The summed E-state index contributed by atoms with van der Waals surface area (Å²) in [5.74, 6) is -0.403. The Labute approximate surface area is 210 Å². The van der Waals surface area contributed by atoms with E-state index in [0.29, 0.717) is 28.8 Å². The summed E-state index contributed by atoms with van der Waals surface area (Å²) in [6, 6.07) is 13.1. The van der Waals surface area contributed by atoms with Crippen LogP contribution in [0.3, 0.4) is 0 Å². The Hall–Kier alpha value is -2.56. The lowest BCUT2D eigenvalue weighted by Gasteiger charge is -2.29. The Kier molecular flexibility index (Phi) is 6.80. The fourth-order valence-corrected chi connectivity index (χ4v) is 4.89. The fraction of sp³-hybridized carbons (Fsp3) is 0.261. The van der Waals surface area contributed by atoms with Gasteiger partial charge in [-0.25, -0.2) is 14.6 Å². The third kappa shape index (κ3) is 4.80. The minimum absolute atomic E-state index is 0.280. The summed E-state index contributed by atoms with van der Waals surface area (Å²) in [6.07, 6.45) is 8.47. The molecule has 1 fully saturated rings. The summed E-state index contributed by atoms with van der Waals surface area (Å²) in [7, 11) is 0. The van der Waals surface area contributed by atoms with Crippen molar-refractivity contribution in [2.75, 3.05) is 19.5 Å². The first-order valence-corrected chi connectivity index (χ1v) is 12.4. The van der Waals surface area contributed by atoms with Gasteiger partial charge in [0.1, 0.15) is 37.7 Å². The van der Waals surface area contributed by atoms with E-state index < -0.39 is 5.79 Å². The van der Waals surface area contributed by atoms with E-state index in [9.17, 15) is 0 Å². The quantitative estimate of drug-likeness (QED) is 0.309. The van der Waals surface area contributed by atoms with Crippen LogP contribution in [0.15, 0.2) is 72.7 Å². The molecule has 1 aliphatic rings. The Balaban J connectivity index is 1.29. The number of hydrogen-bond acceptors (Lipinski definition) is 7. The van der Waals surface area contributed by atoms with Crippen LogP contribution in [0, 0.1) is 0 Å². The van der Waals surface area contributed by atoms with Crippen molar-refractivity contribution in [1.82, 2.24) is 24.3 Å². The molecule has 4 aromatic rings. The molecule has 176 valence electrons. The van der Waals surface area contributed by atoms with Gasteiger partial charge >= 0.3 is 0 Å². The predicted octanol–water partition coefficient (Wildman–Crippen LogP) is 4.84. The van der Waals surface area contributed by atoms with Crippen LogP contribution < -0.4 is 4.74 Å². The molecule has 2 atom stereocenters. The van der Waals surface area contributed by atoms with E-state index in [0.717, 1.165) is 16.6 Å². The van der Waals surface area contributed by atoms with E-state index in [-0.39, 0.29) is 12.6 Å². The zero-order valence-electron chi connectivity index (χ0n) is 18.2. The van der Waals surface area contributed by atoms with Gasteiger partial charge in [-0.05, 0) is 42.7 Å². The third-order valence-corrected chi connectivity index (χ3v) is 6.59. The first-order valence-electron chi connectivity index (χ1n) is 10.5. The maximum atomic E-state index is 6.51. The standard InChI is InChI=1S/C23H21Cl2N5O3S/c1-34-22-27-8-9-30(22)17-3-5-18(6-4-17)31-11-19-12-32-23(33-19,13-29-15-26-14-28-29)20-7-2-16(24)10-21(20)25/h2-10,14-15,19H,11-13H2,1H3. The molecule has 0 radical (unpaired) electrons. The number of thioether (sulfide) groups is 1. The van der Waals surface area contributed by atoms with E-state index in [1.54, 1.807) is 41.1 Å². The predicted molar refractivity (Wildman–Crippen MR) is 130 cm³/mol. The summed E-state index contributed by atoms with van der Waals surface area (Å²) in [6.45, 7) is 0.922. The fourth-order valence-electron chi connectivity index (χ4n) is 3.81. The molecule has 2 aromatic carbocycles. The van der Waals surface area contributed by atoms with Crippen molar-refractivity contribution in [2.24, 2.45) is 0 Å². The maximum Gasteiger partial charge on any atom is 0.217 e. The molecule has 1 saturated heterocycles. The molecule has 1 aliphatic heterocycles. The molecule has 0 N–H and O–H groups in total. The van der Waals surface area contributed by atoms with Crippen molar-refractivity contribution in [3.05, 3.63) is 83.1 Å². The summed E-state index contributed by atoms with van der Waals surface area (Å²) < 4.78 is 22.2. The van der Waals surface area contributed by atoms with Crippen LogP contribution in [-0.4, -0.2) is 49.9 Å². The molecule has 34 heavy (non-hydrogen) atoms. The second kappa shape index (κ2) is 9.97. The van der Waals surface area contributed by atoms with Crippen LogP contribution in [0.2, 0.25) is 10.0 Å². The highest BCUT2D eigenvalue weighted by atomic mass is 35.5. The average molecular weight is 518 g/mol. The van der Waals surface area contributed by atoms with Gasteiger partial charge in [-0.1, -0.05) is 41.0 Å². The second-order valence-corrected chi connectivity index (χ2v) is 9.23. The second-order valence-electron chi connectivity index (χ2n) is 7.61. The summed E-state index contributed by atoms with van der Waals surface area (Å²) in [5.41, 5.74) is 1.68. The normalized spacial score (nSPS) is 20.0. The number of halogens is 2. The molecule has 0 amide bonds. The van der Waals surface area contributed by atoms with Crippen molar-refractivity contribution in [3.8, 4) is 11.4 Å². The monoisotopic (exact) mass is 517 g/mol. The topological polar surface area (TPSA) is 76.2 Å². The van der Waals surface area contributed by atoms with Gasteiger partial charge in [0.25, 0.3) is 0 Å². The van der Waals surface area contributed by atoms with Gasteiger partial charge in [0, 0.05) is 28.7 Å². The molecule has 0 spiro atoms. The molecule has 2 unspecified atom stereocenters. The molecule has 0 aliphatic carbocycles. The van der Waals surface area contributed by atoms with E-state index >= 15 is 0 Å². The molecule has 8 nitrogen and oxygen atoms in total. The van der Waals surface area contributed by atoms with Crippen molar-refractivity contribution in [1.29, 1.82) is 0 Å². The number of benzene rings is 2. The van der Waals surface area contributed by atoms with Crippen LogP contribution in [0.5, 0.6) is 5.75 Å². The van der Waals surface area contributed by atoms with Crippen LogP contribution in [0.25, 0.3) is 5.69 Å². The van der Waals surface area contributed by atoms with Crippen LogP contribution in [0.1, 0.15) is 5.56 Å². The molecule has 0 bridgehead atoms. The Morgan fingerprint density at radius 2 is 2.06 bits per heavy atom. The molecular formula is C23H21Cl2N5O3S. The van der Waals surface area contributed by atoms with E-state index in [1.807, 2.05) is 47.4 Å². The van der Waals surface area contributed by atoms with Gasteiger partial charge in [-0.2, -0.15) is 5.10 Å². The van der Waals surface area contributed by atoms with E-state index in [4.69, 9.17) is 37.4 Å². The molecule has 5 rings (SSSR count). The molecular weight excluding hydrogens is 497 g/mol. The Morgan fingerprint density at radius 1 is 1.21 bits per heavy atom. The number of nitrogens with zero attached hydrogens (tertiary/aromatic N) is 5. The largest absolute Gasteiger partial charge is 0.491 e. The van der Waals surface area contributed by atoms with Crippen molar-refractivity contribution in [2.45, 2.75) is 23.6 Å². The smallest absolute Gasteiger partial charge is 0.217 e. The van der Waals surface area contributed by atoms with Crippen molar-refractivity contribution < 1.29 is 14.2 Å². The zero-order chi connectivity index (χ0) is 23.5. The highest BCUT2D eigenvalue weighted by Crippen LogP contribution is 2.40. The molecule has 2 aromatic heterocycles. The summed E-state index contributed by atoms with van der Waals surface area (Å²) >= 11 is 14.2. The lowest BCUT2D eigenvalue weighted by molar-refractivity contribution is -0.190. The molecule has 0 saturated carbocycles. The average Bonchev–Trinajstić information content (AvgIpc) is 3.60. The van der Waals surface area contributed by atoms with Gasteiger partial charge in [-0.3, -0.25) is 4.57 Å². The van der Waals surface area contributed by atoms with Gasteiger partial charge in [0.2, 0.25) is 5.79 Å². The van der Waals surface area contributed by atoms with Crippen LogP contribution in [0.4, 0.5) is 0 Å².